The van der Waals surface area contributed by atoms with Gasteiger partial charge in [-0.1, -0.05) is 19.1 Å². The molecule has 0 unspecified atom stereocenters. The largest absolute Gasteiger partial charge is 0.489 e. The first kappa shape index (κ1) is 16.0. The average Bonchev–Trinajstić information content (AvgIpc) is 2.50. The molecule has 2 aromatic rings. The van der Waals surface area contributed by atoms with Gasteiger partial charge in [-0.05, 0) is 49.2 Å². The van der Waals surface area contributed by atoms with Crippen molar-refractivity contribution in [1.29, 1.82) is 0 Å². The zero-order chi connectivity index (χ0) is 16.1. The predicted octanol–water partition coefficient (Wildman–Crippen LogP) is 4.34. The van der Waals surface area contributed by atoms with Crippen LogP contribution in [0, 0.1) is 19.7 Å². The van der Waals surface area contributed by atoms with E-state index in [0.717, 1.165) is 11.1 Å². The summed E-state index contributed by atoms with van der Waals surface area (Å²) in [6, 6.07) is 10.1. The summed E-state index contributed by atoms with van der Waals surface area (Å²) in [7, 11) is 0. The fourth-order valence-corrected chi connectivity index (χ4v) is 1.93. The third kappa shape index (κ3) is 3.85. The van der Waals surface area contributed by atoms with Crippen molar-refractivity contribution in [2.75, 3.05) is 0 Å². The highest BCUT2D eigenvalue weighted by Crippen LogP contribution is 2.25. The summed E-state index contributed by atoms with van der Waals surface area (Å²) in [5.74, 6) is -0.00179. The molecule has 0 atom stereocenters. The van der Waals surface area contributed by atoms with E-state index in [1.165, 1.54) is 12.1 Å². The molecule has 2 aromatic carbocycles. The lowest BCUT2D eigenvalue weighted by Gasteiger charge is -2.12. The van der Waals surface area contributed by atoms with Crippen LogP contribution in [0.2, 0.25) is 0 Å². The lowest BCUT2D eigenvalue weighted by atomic mass is 10.1. The van der Waals surface area contributed by atoms with E-state index in [9.17, 15) is 9.18 Å². The highest BCUT2D eigenvalue weighted by molar-refractivity contribution is 5.72. The van der Waals surface area contributed by atoms with Crippen molar-refractivity contribution in [1.82, 2.24) is 0 Å². The summed E-state index contributed by atoms with van der Waals surface area (Å²) in [6.07, 6.45) is 0.230. The molecule has 0 fully saturated rings. The van der Waals surface area contributed by atoms with Crippen LogP contribution in [0.15, 0.2) is 36.4 Å². The van der Waals surface area contributed by atoms with E-state index in [4.69, 9.17) is 9.47 Å². The van der Waals surface area contributed by atoms with Crippen LogP contribution in [-0.2, 0) is 11.4 Å². The van der Waals surface area contributed by atoms with E-state index in [-0.39, 0.29) is 24.3 Å². The maximum atomic E-state index is 14.0. The molecule has 0 saturated heterocycles. The van der Waals surface area contributed by atoms with Crippen molar-refractivity contribution < 1.29 is 18.7 Å². The number of rotatable bonds is 5. The van der Waals surface area contributed by atoms with E-state index < -0.39 is 11.8 Å². The number of carbonyl (C=O) groups is 1. The second kappa shape index (κ2) is 7.07. The summed E-state index contributed by atoms with van der Waals surface area (Å²) in [5, 5.41) is 0. The molecule has 0 heterocycles. The van der Waals surface area contributed by atoms with Crippen LogP contribution < -0.4 is 9.47 Å². The molecule has 0 spiro atoms. The fraction of sp³-hybridized carbons (Fsp3) is 0.278. The fourth-order valence-electron chi connectivity index (χ4n) is 1.93. The Kier molecular flexibility index (Phi) is 5.15. The topological polar surface area (TPSA) is 35.5 Å². The Balaban J connectivity index is 2.17. The molecule has 0 aliphatic rings. The minimum Gasteiger partial charge on any atom is -0.489 e. The maximum Gasteiger partial charge on any atom is 0.310 e. The number of halogens is 1. The monoisotopic (exact) mass is 302 g/mol. The lowest BCUT2D eigenvalue weighted by molar-refractivity contribution is -0.134. The average molecular weight is 302 g/mol. The number of benzene rings is 2. The highest BCUT2D eigenvalue weighted by Gasteiger charge is 2.13. The Morgan fingerprint density at radius 3 is 2.59 bits per heavy atom. The summed E-state index contributed by atoms with van der Waals surface area (Å²) in [6.45, 7) is 5.69. The Labute approximate surface area is 129 Å². The van der Waals surface area contributed by atoms with Gasteiger partial charge in [0.25, 0.3) is 0 Å². The number of hydrogen-bond donors (Lipinski definition) is 0. The Morgan fingerprint density at radius 1 is 1.14 bits per heavy atom. The quantitative estimate of drug-likeness (QED) is 0.609. The van der Waals surface area contributed by atoms with Crippen molar-refractivity contribution in [3.05, 3.63) is 58.9 Å². The van der Waals surface area contributed by atoms with E-state index >= 15 is 0 Å². The molecule has 3 nitrogen and oxygen atoms in total. The minimum absolute atomic E-state index is 0.00149. The molecule has 0 N–H and O–H groups in total. The Morgan fingerprint density at radius 2 is 1.91 bits per heavy atom. The molecular weight excluding hydrogens is 283 g/mol. The van der Waals surface area contributed by atoms with Gasteiger partial charge >= 0.3 is 5.97 Å². The van der Waals surface area contributed by atoms with Gasteiger partial charge in [-0.3, -0.25) is 4.79 Å². The SMILES string of the molecule is CCC(=O)Oc1cccc(F)c1COc1ccc(C)c(C)c1. The van der Waals surface area contributed by atoms with Gasteiger partial charge in [-0.15, -0.1) is 0 Å². The van der Waals surface area contributed by atoms with Crippen LogP contribution in [-0.4, -0.2) is 5.97 Å². The summed E-state index contributed by atoms with van der Waals surface area (Å²) >= 11 is 0. The van der Waals surface area contributed by atoms with Crippen LogP contribution in [0.25, 0.3) is 0 Å². The third-order valence-electron chi connectivity index (χ3n) is 3.45. The van der Waals surface area contributed by atoms with Crippen molar-refractivity contribution in [2.24, 2.45) is 0 Å². The lowest BCUT2D eigenvalue weighted by Crippen LogP contribution is -2.09. The van der Waals surface area contributed by atoms with Gasteiger partial charge in [0.1, 0.15) is 23.9 Å². The van der Waals surface area contributed by atoms with Crippen molar-refractivity contribution in [3.63, 3.8) is 0 Å². The standard InChI is InChI=1S/C18H19FO3/c1-4-18(20)22-17-7-5-6-16(19)15(17)11-21-14-9-8-12(2)13(3)10-14/h5-10H,4,11H2,1-3H3. The number of hydrogen-bond acceptors (Lipinski definition) is 3. The van der Waals surface area contributed by atoms with Crippen molar-refractivity contribution in [2.45, 2.75) is 33.8 Å². The third-order valence-corrected chi connectivity index (χ3v) is 3.45. The van der Waals surface area contributed by atoms with Gasteiger partial charge in [0.05, 0.1) is 5.56 Å². The zero-order valence-electron chi connectivity index (χ0n) is 13.0. The molecule has 0 aliphatic heterocycles. The van der Waals surface area contributed by atoms with Crippen molar-refractivity contribution in [3.8, 4) is 11.5 Å². The normalized spacial score (nSPS) is 10.4. The zero-order valence-corrected chi connectivity index (χ0v) is 13.0. The molecule has 0 bridgehead atoms. The van der Waals surface area contributed by atoms with Gasteiger partial charge in [0.15, 0.2) is 0 Å². The molecule has 0 amide bonds. The first-order valence-electron chi connectivity index (χ1n) is 7.19. The molecule has 2 rings (SSSR count). The molecule has 0 aliphatic carbocycles. The van der Waals surface area contributed by atoms with E-state index in [2.05, 4.69) is 0 Å². The summed E-state index contributed by atoms with van der Waals surface area (Å²) in [5.41, 5.74) is 2.50. The summed E-state index contributed by atoms with van der Waals surface area (Å²) in [4.78, 5) is 11.4. The molecule has 0 aromatic heterocycles. The second-order valence-corrected chi connectivity index (χ2v) is 5.08. The van der Waals surface area contributed by atoms with Gasteiger partial charge in [-0.2, -0.15) is 0 Å². The Hall–Kier alpha value is -2.36. The molecule has 4 heteroatoms. The van der Waals surface area contributed by atoms with E-state index in [1.54, 1.807) is 13.0 Å². The molecule has 0 radical (unpaired) electrons. The smallest absolute Gasteiger partial charge is 0.310 e. The minimum atomic E-state index is -0.453. The van der Waals surface area contributed by atoms with Crippen LogP contribution in [0.4, 0.5) is 4.39 Å². The first-order chi connectivity index (χ1) is 10.5. The van der Waals surface area contributed by atoms with Crippen LogP contribution >= 0.6 is 0 Å². The number of ether oxygens (including phenoxy) is 2. The molecule has 22 heavy (non-hydrogen) atoms. The van der Waals surface area contributed by atoms with Crippen LogP contribution in [0.5, 0.6) is 11.5 Å². The molecular formula is C18H19FO3. The van der Waals surface area contributed by atoms with Gasteiger partial charge < -0.3 is 9.47 Å². The van der Waals surface area contributed by atoms with Crippen LogP contribution in [0.1, 0.15) is 30.0 Å². The van der Waals surface area contributed by atoms with E-state index in [0.29, 0.717) is 5.75 Å². The molecule has 116 valence electrons. The van der Waals surface area contributed by atoms with Gasteiger partial charge in [0, 0.05) is 6.42 Å². The second-order valence-electron chi connectivity index (χ2n) is 5.08. The molecule has 0 saturated carbocycles. The van der Waals surface area contributed by atoms with Crippen molar-refractivity contribution >= 4 is 5.97 Å². The maximum absolute atomic E-state index is 14.0. The highest BCUT2D eigenvalue weighted by atomic mass is 19.1. The predicted molar refractivity (Wildman–Crippen MR) is 82.6 cm³/mol. The number of esters is 1. The van der Waals surface area contributed by atoms with E-state index in [1.807, 2.05) is 32.0 Å². The Bertz CT molecular complexity index is 680. The first-order valence-corrected chi connectivity index (χ1v) is 7.19. The van der Waals surface area contributed by atoms with Gasteiger partial charge in [-0.25, -0.2) is 4.39 Å². The number of aryl methyl sites for hydroxylation is 2. The van der Waals surface area contributed by atoms with Crippen LogP contribution in [0.3, 0.4) is 0 Å². The van der Waals surface area contributed by atoms with Gasteiger partial charge in [0.2, 0.25) is 0 Å². The number of carbonyl (C=O) groups excluding carboxylic acids is 1. The summed E-state index contributed by atoms with van der Waals surface area (Å²) < 4.78 is 24.8.